The number of H-pyrrole nitrogens is 1. The van der Waals surface area contributed by atoms with Crippen LogP contribution in [-0.2, 0) is 13.1 Å². The van der Waals surface area contributed by atoms with Gasteiger partial charge in [-0.3, -0.25) is 0 Å². The topological polar surface area (TPSA) is 105 Å². The first-order valence-corrected chi connectivity index (χ1v) is 9.60. The van der Waals surface area contributed by atoms with E-state index in [0.717, 1.165) is 35.4 Å². The highest BCUT2D eigenvalue weighted by molar-refractivity contribution is 5.83. The van der Waals surface area contributed by atoms with Gasteiger partial charge < -0.3 is 15.4 Å². The van der Waals surface area contributed by atoms with E-state index in [9.17, 15) is 5.11 Å². The Balaban J connectivity index is 1.47. The van der Waals surface area contributed by atoms with E-state index < -0.39 is 5.60 Å². The molecule has 3 N–H and O–H groups in total. The molecule has 8 nitrogen and oxygen atoms in total. The van der Waals surface area contributed by atoms with Crippen LogP contribution in [0.4, 0.5) is 5.82 Å². The Labute approximate surface area is 162 Å². The predicted octanol–water partition coefficient (Wildman–Crippen LogP) is 2.96. The number of benzene rings is 1. The van der Waals surface area contributed by atoms with Crippen molar-refractivity contribution in [2.75, 3.05) is 5.32 Å². The van der Waals surface area contributed by atoms with E-state index >= 15 is 0 Å². The second kappa shape index (κ2) is 6.27. The number of imidazole rings is 1. The summed E-state index contributed by atoms with van der Waals surface area (Å²) in [7, 11) is 0. The summed E-state index contributed by atoms with van der Waals surface area (Å²) in [5.41, 5.74) is 3.47. The predicted molar refractivity (Wildman–Crippen MR) is 107 cm³/mol. The van der Waals surface area contributed by atoms with E-state index in [1.165, 1.54) is 0 Å². The van der Waals surface area contributed by atoms with E-state index in [1.807, 2.05) is 30.5 Å². The number of aromatic nitrogens is 6. The Morgan fingerprint density at radius 1 is 1.25 bits per heavy atom. The van der Waals surface area contributed by atoms with Crippen LogP contribution in [0.15, 0.2) is 30.5 Å². The number of nitrogens with one attached hydrogen (secondary N) is 2. The number of hydrogen-bond donors (Lipinski definition) is 3. The standard InChI is InChI=1S/C20H23N7O/c1-20(2,28)11-27-19-17(21-9-15(25-19)12-7-8-12)18(26-27)22-10-16-23-13-5-3-4-6-14(13)24-16/h3-6,9,12,28H,7-8,10-11H2,1-2H3,(H,22,26)(H,23,24). The lowest BCUT2D eigenvalue weighted by Crippen LogP contribution is -2.27. The number of anilines is 1. The molecule has 28 heavy (non-hydrogen) atoms. The summed E-state index contributed by atoms with van der Waals surface area (Å²) < 4.78 is 1.75. The first-order valence-electron chi connectivity index (χ1n) is 9.60. The minimum Gasteiger partial charge on any atom is -0.389 e. The van der Waals surface area contributed by atoms with Crippen LogP contribution in [0.3, 0.4) is 0 Å². The molecule has 1 aliphatic carbocycles. The molecule has 0 spiro atoms. The smallest absolute Gasteiger partial charge is 0.179 e. The van der Waals surface area contributed by atoms with Crippen molar-refractivity contribution in [3.05, 3.63) is 42.0 Å². The molecule has 0 radical (unpaired) electrons. The van der Waals surface area contributed by atoms with Gasteiger partial charge in [0.05, 0.1) is 35.4 Å². The quantitative estimate of drug-likeness (QED) is 0.477. The molecule has 0 bridgehead atoms. The molecule has 3 heterocycles. The molecule has 0 unspecified atom stereocenters. The van der Waals surface area contributed by atoms with Gasteiger partial charge in [-0.05, 0) is 38.8 Å². The van der Waals surface area contributed by atoms with E-state index in [-0.39, 0.29) is 0 Å². The van der Waals surface area contributed by atoms with Gasteiger partial charge in [0.2, 0.25) is 0 Å². The van der Waals surface area contributed by atoms with Crippen molar-refractivity contribution in [1.29, 1.82) is 0 Å². The molecular formula is C20H23N7O. The average Bonchev–Trinajstić information content (AvgIpc) is 3.34. The lowest BCUT2D eigenvalue weighted by molar-refractivity contribution is 0.0590. The third-order valence-electron chi connectivity index (χ3n) is 4.86. The molecule has 1 saturated carbocycles. The van der Waals surface area contributed by atoms with Crippen molar-refractivity contribution >= 4 is 28.0 Å². The second-order valence-electron chi connectivity index (χ2n) is 8.11. The number of hydrogen-bond acceptors (Lipinski definition) is 6. The summed E-state index contributed by atoms with van der Waals surface area (Å²) in [6.07, 6.45) is 4.18. The Hall–Kier alpha value is -3.00. The summed E-state index contributed by atoms with van der Waals surface area (Å²) in [6, 6.07) is 7.94. The summed E-state index contributed by atoms with van der Waals surface area (Å²) in [5, 5.41) is 18.2. The van der Waals surface area contributed by atoms with Crippen LogP contribution >= 0.6 is 0 Å². The fourth-order valence-corrected chi connectivity index (χ4v) is 3.38. The average molecular weight is 377 g/mol. The number of para-hydroxylation sites is 2. The highest BCUT2D eigenvalue weighted by atomic mass is 16.3. The van der Waals surface area contributed by atoms with E-state index in [1.54, 1.807) is 18.5 Å². The van der Waals surface area contributed by atoms with Crippen molar-refractivity contribution in [1.82, 2.24) is 29.7 Å². The first kappa shape index (κ1) is 17.1. The van der Waals surface area contributed by atoms with Gasteiger partial charge in [-0.15, -0.1) is 0 Å². The molecular weight excluding hydrogens is 354 g/mol. The van der Waals surface area contributed by atoms with Gasteiger partial charge in [-0.2, -0.15) is 5.10 Å². The zero-order valence-electron chi connectivity index (χ0n) is 16.0. The van der Waals surface area contributed by atoms with Crippen LogP contribution in [0.1, 0.15) is 44.1 Å². The lowest BCUT2D eigenvalue weighted by atomic mass is 10.1. The minimum absolute atomic E-state index is 0.346. The van der Waals surface area contributed by atoms with E-state index in [2.05, 4.69) is 25.4 Å². The molecule has 8 heteroatoms. The van der Waals surface area contributed by atoms with Crippen LogP contribution in [0.2, 0.25) is 0 Å². The van der Waals surface area contributed by atoms with Crippen molar-refractivity contribution in [2.45, 2.75) is 51.3 Å². The molecule has 5 rings (SSSR count). The maximum absolute atomic E-state index is 10.3. The highest BCUT2D eigenvalue weighted by Crippen LogP contribution is 2.39. The molecule has 144 valence electrons. The summed E-state index contributed by atoms with van der Waals surface area (Å²) in [5.74, 6) is 1.98. The summed E-state index contributed by atoms with van der Waals surface area (Å²) in [4.78, 5) is 17.3. The largest absolute Gasteiger partial charge is 0.389 e. The Morgan fingerprint density at radius 3 is 2.82 bits per heavy atom. The van der Waals surface area contributed by atoms with Gasteiger partial charge in [0.25, 0.3) is 0 Å². The molecule has 3 aromatic heterocycles. The highest BCUT2D eigenvalue weighted by Gasteiger charge is 2.27. The maximum Gasteiger partial charge on any atom is 0.179 e. The molecule has 1 aromatic carbocycles. The summed E-state index contributed by atoms with van der Waals surface area (Å²) in [6.45, 7) is 4.37. The molecule has 1 aliphatic rings. The van der Waals surface area contributed by atoms with Crippen molar-refractivity contribution in [3.63, 3.8) is 0 Å². The zero-order chi connectivity index (χ0) is 19.3. The molecule has 1 fully saturated rings. The van der Waals surface area contributed by atoms with Crippen molar-refractivity contribution in [3.8, 4) is 0 Å². The van der Waals surface area contributed by atoms with Crippen LogP contribution in [0.25, 0.3) is 22.2 Å². The number of aromatic amines is 1. The van der Waals surface area contributed by atoms with Crippen LogP contribution in [-0.4, -0.2) is 40.4 Å². The van der Waals surface area contributed by atoms with Crippen LogP contribution < -0.4 is 5.32 Å². The number of fused-ring (bicyclic) bond motifs is 2. The van der Waals surface area contributed by atoms with Gasteiger partial charge in [-0.25, -0.2) is 19.6 Å². The van der Waals surface area contributed by atoms with E-state index in [4.69, 9.17) is 4.98 Å². The third-order valence-corrected chi connectivity index (χ3v) is 4.86. The van der Waals surface area contributed by atoms with Gasteiger partial charge in [0, 0.05) is 12.1 Å². The second-order valence-corrected chi connectivity index (χ2v) is 8.11. The lowest BCUT2D eigenvalue weighted by Gasteiger charge is -2.16. The molecule has 4 aromatic rings. The Kier molecular flexibility index (Phi) is 3.83. The Morgan fingerprint density at radius 2 is 2.07 bits per heavy atom. The van der Waals surface area contributed by atoms with Crippen molar-refractivity contribution in [2.24, 2.45) is 0 Å². The Bertz CT molecular complexity index is 1120. The molecule has 0 aliphatic heterocycles. The monoisotopic (exact) mass is 377 g/mol. The number of aliphatic hydroxyl groups is 1. The van der Waals surface area contributed by atoms with Crippen LogP contribution in [0.5, 0.6) is 0 Å². The number of rotatable bonds is 6. The van der Waals surface area contributed by atoms with Crippen molar-refractivity contribution < 1.29 is 5.11 Å². The molecule has 0 amide bonds. The zero-order valence-corrected chi connectivity index (χ0v) is 16.0. The fourth-order valence-electron chi connectivity index (χ4n) is 3.38. The maximum atomic E-state index is 10.3. The normalized spacial score (nSPS) is 14.8. The third kappa shape index (κ3) is 3.31. The van der Waals surface area contributed by atoms with Gasteiger partial charge in [-0.1, -0.05) is 12.1 Å². The molecule has 0 saturated heterocycles. The van der Waals surface area contributed by atoms with E-state index in [0.29, 0.717) is 36.0 Å². The first-order chi connectivity index (χ1) is 13.5. The van der Waals surface area contributed by atoms with Gasteiger partial charge in [0.1, 0.15) is 5.82 Å². The van der Waals surface area contributed by atoms with Crippen LogP contribution in [0, 0.1) is 0 Å². The number of nitrogens with zero attached hydrogens (tertiary/aromatic N) is 5. The summed E-state index contributed by atoms with van der Waals surface area (Å²) >= 11 is 0. The molecule has 0 atom stereocenters. The van der Waals surface area contributed by atoms with Gasteiger partial charge >= 0.3 is 0 Å². The fraction of sp³-hybridized carbons (Fsp3) is 0.400. The minimum atomic E-state index is -0.897. The van der Waals surface area contributed by atoms with Gasteiger partial charge in [0.15, 0.2) is 17.0 Å². The SMILES string of the molecule is CC(C)(O)Cn1nc(NCc2nc3ccccc3[nH]2)c2ncc(C3CC3)nc21.